The maximum atomic E-state index is 5.24. The molecule has 0 aromatic heterocycles. The largest absolute Gasteiger partial charge is 0.497 e. The van der Waals surface area contributed by atoms with Crippen molar-refractivity contribution in [3.63, 3.8) is 0 Å². The molecule has 0 spiro atoms. The molecular weight excluding hydrogens is 304 g/mol. The van der Waals surface area contributed by atoms with Crippen molar-refractivity contribution >= 4 is 6.08 Å². The van der Waals surface area contributed by atoms with Gasteiger partial charge in [-0.1, -0.05) is 74.0 Å². The first-order valence-corrected chi connectivity index (χ1v) is 9.38. The molecular formula is C24H28O. The second kappa shape index (κ2) is 8.71. The topological polar surface area (TPSA) is 9.23 Å². The first-order chi connectivity index (χ1) is 12.3. The Morgan fingerprint density at radius 2 is 1.72 bits per heavy atom. The average molecular weight is 332 g/mol. The van der Waals surface area contributed by atoms with Gasteiger partial charge in [-0.05, 0) is 54.0 Å². The minimum atomic E-state index is 0.531. The van der Waals surface area contributed by atoms with Crippen LogP contribution in [0.4, 0.5) is 0 Å². The van der Waals surface area contributed by atoms with Crippen LogP contribution in [-0.4, -0.2) is 7.11 Å². The van der Waals surface area contributed by atoms with E-state index in [2.05, 4.69) is 79.8 Å². The molecule has 1 aliphatic carbocycles. The lowest BCUT2D eigenvalue weighted by Gasteiger charge is -2.21. The zero-order valence-electron chi connectivity index (χ0n) is 15.3. The van der Waals surface area contributed by atoms with Crippen molar-refractivity contribution in [2.75, 3.05) is 7.11 Å². The molecule has 0 radical (unpaired) electrons. The lowest BCUT2D eigenvalue weighted by Crippen LogP contribution is -2.05. The van der Waals surface area contributed by atoms with Gasteiger partial charge in [-0.25, -0.2) is 0 Å². The lowest BCUT2D eigenvalue weighted by molar-refractivity contribution is 0.414. The van der Waals surface area contributed by atoms with Crippen molar-refractivity contribution in [1.29, 1.82) is 0 Å². The SMILES string of the molecule is CCCc1ccc(/C=C/C2C=CC(c3ccc(OC)cc3)CC2)cc1. The molecule has 0 N–H and O–H groups in total. The summed E-state index contributed by atoms with van der Waals surface area (Å²) in [5, 5.41) is 0. The van der Waals surface area contributed by atoms with Gasteiger partial charge in [0.25, 0.3) is 0 Å². The molecule has 0 saturated heterocycles. The third-order valence-electron chi connectivity index (χ3n) is 5.00. The predicted octanol–water partition coefficient (Wildman–Crippen LogP) is 6.41. The minimum absolute atomic E-state index is 0.531. The summed E-state index contributed by atoms with van der Waals surface area (Å²) in [6, 6.07) is 17.4. The summed E-state index contributed by atoms with van der Waals surface area (Å²) in [5.41, 5.74) is 4.11. The van der Waals surface area contributed by atoms with E-state index < -0.39 is 0 Å². The van der Waals surface area contributed by atoms with Gasteiger partial charge in [0.15, 0.2) is 0 Å². The van der Waals surface area contributed by atoms with Crippen LogP contribution in [0.15, 0.2) is 66.8 Å². The molecule has 130 valence electrons. The summed E-state index contributed by atoms with van der Waals surface area (Å²) in [7, 11) is 1.71. The van der Waals surface area contributed by atoms with Gasteiger partial charge < -0.3 is 4.74 Å². The van der Waals surface area contributed by atoms with Crippen LogP contribution in [0.25, 0.3) is 6.08 Å². The monoisotopic (exact) mass is 332 g/mol. The van der Waals surface area contributed by atoms with Crippen LogP contribution in [0.3, 0.4) is 0 Å². The van der Waals surface area contributed by atoms with E-state index in [-0.39, 0.29) is 0 Å². The normalized spacial score (nSPS) is 20.1. The van der Waals surface area contributed by atoms with E-state index >= 15 is 0 Å². The highest BCUT2D eigenvalue weighted by Gasteiger charge is 2.15. The van der Waals surface area contributed by atoms with Crippen molar-refractivity contribution in [3.8, 4) is 5.75 Å². The number of ether oxygens (including phenoxy) is 1. The van der Waals surface area contributed by atoms with Gasteiger partial charge in [-0.3, -0.25) is 0 Å². The molecule has 0 bridgehead atoms. The van der Waals surface area contributed by atoms with Gasteiger partial charge in [0.05, 0.1) is 7.11 Å². The summed E-state index contributed by atoms with van der Waals surface area (Å²) >= 11 is 0. The Morgan fingerprint density at radius 3 is 2.32 bits per heavy atom. The fraction of sp³-hybridized carbons (Fsp3) is 0.333. The number of benzene rings is 2. The molecule has 0 amide bonds. The zero-order chi connectivity index (χ0) is 17.5. The maximum Gasteiger partial charge on any atom is 0.118 e. The number of allylic oxidation sites excluding steroid dienone is 3. The fourth-order valence-electron chi connectivity index (χ4n) is 3.45. The highest BCUT2D eigenvalue weighted by atomic mass is 16.5. The Labute approximate surface area is 152 Å². The summed E-state index contributed by atoms with van der Waals surface area (Å²) < 4.78 is 5.24. The van der Waals surface area contributed by atoms with E-state index in [9.17, 15) is 0 Å². The second-order valence-corrected chi connectivity index (χ2v) is 6.86. The van der Waals surface area contributed by atoms with E-state index in [1.54, 1.807) is 7.11 Å². The highest BCUT2D eigenvalue weighted by molar-refractivity contribution is 5.50. The van der Waals surface area contributed by atoms with Crippen molar-refractivity contribution in [3.05, 3.63) is 83.4 Å². The predicted molar refractivity (Wildman–Crippen MR) is 107 cm³/mol. The van der Waals surface area contributed by atoms with Crippen molar-refractivity contribution in [2.24, 2.45) is 5.92 Å². The van der Waals surface area contributed by atoms with Crippen LogP contribution < -0.4 is 4.74 Å². The minimum Gasteiger partial charge on any atom is -0.497 e. The summed E-state index contributed by atoms with van der Waals surface area (Å²) in [6.45, 7) is 2.22. The van der Waals surface area contributed by atoms with Crippen molar-refractivity contribution in [2.45, 2.75) is 38.5 Å². The van der Waals surface area contributed by atoms with Gasteiger partial charge >= 0.3 is 0 Å². The number of hydrogen-bond donors (Lipinski definition) is 0. The lowest BCUT2D eigenvalue weighted by atomic mass is 9.84. The van der Waals surface area contributed by atoms with Gasteiger partial charge in [0.1, 0.15) is 5.75 Å². The molecule has 2 atom stereocenters. The number of hydrogen-bond acceptors (Lipinski definition) is 1. The highest BCUT2D eigenvalue weighted by Crippen LogP contribution is 2.32. The van der Waals surface area contributed by atoms with Gasteiger partial charge in [-0.2, -0.15) is 0 Å². The molecule has 1 heteroatoms. The molecule has 0 saturated carbocycles. The zero-order valence-corrected chi connectivity index (χ0v) is 15.3. The van der Waals surface area contributed by atoms with E-state index in [1.807, 2.05) is 0 Å². The second-order valence-electron chi connectivity index (χ2n) is 6.86. The fourth-order valence-corrected chi connectivity index (χ4v) is 3.45. The van der Waals surface area contributed by atoms with Crippen LogP contribution in [0.2, 0.25) is 0 Å². The van der Waals surface area contributed by atoms with Crippen LogP contribution in [0.1, 0.15) is 48.8 Å². The molecule has 25 heavy (non-hydrogen) atoms. The molecule has 1 aliphatic rings. The molecule has 1 nitrogen and oxygen atoms in total. The van der Waals surface area contributed by atoms with E-state index in [0.29, 0.717) is 11.8 Å². The van der Waals surface area contributed by atoms with Crippen LogP contribution in [0, 0.1) is 5.92 Å². The van der Waals surface area contributed by atoms with Crippen LogP contribution in [0.5, 0.6) is 5.75 Å². The van der Waals surface area contributed by atoms with Crippen molar-refractivity contribution in [1.82, 2.24) is 0 Å². The Kier molecular flexibility index (Phi) is 6.11. The summed E-state index contributed by atoms with van der Waals surface area (Å²) in [5.74, 6) is 2.00. The summed E-state index contributed by atoms with van der Waals surface area (Å²) in [6.07, 6.45) is 14.1. The Bertz CT molecular complexity index is 707. The Morgan fingerprint density at radius 1 is 0.960 bits per heavy atom. The van der Waals surface area contributed by atoms with E-state index in [1.165, 1.54) is 42.4 Å². The van der Waals surface area contributed by atoms with Crippen molar-refractivity contribution < 1.29 is 4.74 Å². The molecule has 2 aromatic rings. The average Bonchev–Trinajstić information content (AvgIpc) is 2.68. The number of aryl methyl sites for hydroxylation is 1. The molecule has 0 aliphatic heterocycles. The first-order valence-electron chi connectivity index (χ1n) is 9.38. The van der Waals surface area contributed by atoms with E-state index in [0.717, 1.165) is 5.75 Å². The third kappa shape index (κ3) is 4.85. The Balaban J connectivity index is 1.58. The molecule has 0 heterocycles. The van der Waals surface area contributed by atoms with Gasteiger partial charge in [0.2, 0.25) is 0 Å². The maximum absolute atomic E-state index is 5.24. The van der Waals surface area contributed by atoms with Gasteiger partial charge in [0, 0.05) is 5.92 Å². The first kappa shape index (κ1) is 17.5. The quantitative estimate of drug-likeness (QED) is 0.555. The van der Waals surface area contributed by atoms with Gasteiger partial charge in [-0.15, -0.1) is 0 Å². The summed E-state index contributed by atoms with van der Waals surface area (Å²) in [4.78, 5) is 0. The van der Waals surface area contributed by atoms with Crippen LogP contribution >= 0.6 is 0 Å². The van der Waals surface area contributed by atoms with Crippen LogP contribution in [-0.2, 0) is 6.42 Å². The van der Waals surface area contributed by atoms with E-state index in [4.69, 9.17) is 4.74 Å². The third-order valence-corrected chi connectivity index (χ3v) is 5.00. The number of methoxy groups -OCH3 is 1. The smallest absolute Gasteiger partial charge is 0.118 e. The number of rotatable bonds is 6. The Hall–Kier alpha value is -2.28. The standard InChI is InChI=1S/C24H28O/c1-3-4-19-5-7-20(8-6-19)9-10-21-11-13-22(14-12-21)23-15-17-24(25-2)18-16-23/h5-11,13,15-18,21-22H,3-4,12,14H2,1-2H3/b10-9+. The molecule has 0 fully saturated rings. The molecule has 2 aromatic carbocycles. The molecule has 3 rings (SSSR count). The molecule has 2 unspecified atom stereocenters.